The number of rotatable bonds is 2. The Hall–Kier alpha value is -2.66. The van der Waals surface area contributed by atoms with Crippen LogP contribution in [0.1, 0.15) is 21.7 Å². The van der Waals surface area contributed by atoms with Gasteiger partial charge in [0, 0.05) is 21.7 Å². The second kappa shape index (κ2) is 6.01. The van der Waals surface area contributed by atoms with Crippen molar-refractivity contribution in [2.24, 2.45) is 0 Å². The fourth-order valence-corrected chi connectivity index (χ4v) is 3.72. The van der Waals surface area contributed by atoms with Gasteiger partial charge in [0.25, 0.3) is 5.91 Å². The highest BCUT2D eigenvalue weighted by Crippen LogP contribution is 2.25. The number of aromatic nitrogens is 2. The predicted molar refractivity (Wildman–Crippen MR) is 104 cm³/mol. The Morgan fingerprint density at radius 1 is 1.12 bits per heavy atom. The summed E-state index contributed by atoms with van der Waals surface area (Å²) in [4.78, 5) is 17.5. The maximum absolute atomic E-state index is 13.0. The summed E-state index contributed by atoms with van der Waals surface area (Å²) in [5, 5.41) is 5.15. The Balaban J connectivity index is 1.82. The smallest absolute Gasteiger partial charge is 0.274 e. The fourth-order valence-electron chi connectivity index (χ4n) is 3.17. The third-order valence-corrected chi connectivity index (χ3v) is 4.73. The van der Waals surface area contributed by atoms with Crippen LogP contribution in [0.4, 0.5) is 5.69 Å². The van der Waals surface area contributed by atoms with Crippen LogP contribution in [0.2, 0.25) is 0 Å². The van der Waals surface area contributed by atoms with Crippen LogP contribution in [0.5, 0.6) is 0 Å². The Morgan fingerprint density at radius 3 is 2.72 bits per heavy atom. The molecular weight excluding hydrogens is 378 g/mol. The molecule has 0 spiro atoms. The van der Waals surface area contributed by atoms with Gasteiger partial charge in [-0.25, -0.2) is 4.98 Å². The molecule has 0 unspecified atom stereocenters. The number of nitrogens with one attached hydrogen (secondary N) is 1. The summed E-state index contributed by atoms with van der Waals surface area (Å²) >= 11 is 3.49. The lowest BCUT2D eigenvalue weighted by molar-refractivity contribution is 0.102. The van der Waals surface area contributed by atoms with E-state index in [4.69, 9.17) is 0 Å². The molecule has 4 rings (SSSR count). The second-order valence-corrected chi connectivity index (χ2v) is 6.98. The van der Waals surface area contributed by atoms with Crippen LogP contribution in [0.25, 0.3) is 16.4 Å². The van der Waals surface area contributed by atoms with E-state index >= 15 is 0 Å². The van der Waals surface area contributed by atoms with Crippen molar-refractivity contribution in [3.8, 4) is 0 Å². The van der Waals surface area contributed by atoms with Gasteiger partial charge in [-0.1, -0.05) is 36.4 Å². The molecule has 2 aromatic carbocycles. The number of pyridine rings is 1. The summed E-state index contributed by atoms with van der Waals surface area (Å²) in [5.74, 6) is -0.168. The number of carbonyl (C=O) groups excluding carboxylic acids is 1. The molecular formula is C20H16BrN3O. The van der Waals surface area contributed by atoms with E-state index in [1.54, 1.807) is 0 Å². The average molecular weight is 394 g/mol. The standard InChI is InChI=1S/C20H16BrN3O/c1-12-10-15(21)11-24-18(13(2)22-19(12)24)20(25)23-17-9-5-7-14-6-3-4-8-16(14)17/h3-11H,1-2H3,(H,23,25). The van der Waals surface area contributed by atoms with E-state index in [0.29, 0.717) is 11.4 Å². The topological polar surface area (TPSA) is 46.4 Å². The first-order valence-corrected chi connectivity index (χ1v) is 8.78. The van der Waals surface area contributed by atoms with Crippen molar-refractivity contribution in [1.29, 1.82) is 0 Å². The van der Waals surface area contributed by atoms with E-state index in [-0.39, 0.29) is 5.91 Å². The van der Waals surface area contributed by atoms with Crippen LogP contribution < -0.4 is 5.32 Å². The molecule has 0 saturated heterocycles. The predicted octanol–water partition coefficient (Wildman–Crippen LogP) is 5.12. The number of carbonyl (C=O) groups is 1. The molecule has 5 heteroatoms. The number of fused-ring (bicyclic) bond motifs is 2. The first-order chi connectivity index (χ1) is 12.0. The Bertz CT molecular complexity index is 1130. The van der Waals surface area contributed by atoms with Crippen LogP contribution in [0, 0.1) is 13.8 Å². The minimum absolute atomic E-state index is 0.168. The Kier molecular flexibility index (Phi) is 3.81. The number of benzene rings is 2. The van der Waals surface area contributed by atoms with Gasteiger partial charge in [0.1, 0.15) is 11.3 Å². The molecule has 0 aliphatic heterocycles. The van der Waals surface area contributed by atoms with Gasteiger partial charge in [0.2, 0.25) is 0 Å². The second-order valence-electron chi connectivity index (χ2n) is 6.06. The van der Waals surface area contributed by atoms with Gasteiger partial charge < -0.3 is 5.32 Å². The zero-order valence-corrected chi connectivity index (χ0v) is 15.5. The van der Waals surface area contributed by atoms with Crippen molar-refractivity contribution in [1.82, 2.24) is 9.38 Å². The van der Waals surface area contributed by atoms with Crippen LogP contribution >= 0.6 is 15.9 Å². The normalized spacial score (nSPS) is 11.2. The number of anilines is 1. The van der Waals surface area contributed by atoms with Gasteiger partial charge >= 0.3 is 0 Å². The molecule has 124 valence electrons. The number of amides is 1. The molecule has 0 fully saturated rings. The molecule has 4 aromatic rings. The van der Waals surface area contributed by atoms with Gasteiger partial charge in [-0.2, -0.15) is 0 Å². The maximum Gasteiger partial charge on any atom is 0.274 e. The van der Waals surface area contributed by atoms with E-state index < -0.39 is 0 Å². The number of hydrogen-bond acceptors (Lipinski definition) is 2. The largest absolute Gasteiger partial charge is 0.320 e. The van der Waals surface area contributed by atoms with Crippen LogP contribution in [-0.2, 0) is 0 Å². The molecule has 1 amide bonds. The summed E-state index contributed by atoms with van der Waals surface area (Å²) in [6, 6.07) is 15.9. The molecule has 0 radical (unpaired) electrons. The molecule has 0 aliphatic carbocycles. The van der Waals surface area contributed by atoms with Gasteiger partial charge in [-0.05, 0) is 52.9 Å². The first kappa shape index (κ1) is 15.8. The van der Waals surface area contributed by atoms with E-state index in [1.807, 2.05) is 73.0 Å². The van der Waals surface area contributed by atoms with Gasteiger partial charge in [-0.3, -0.25) is 9.20 Å². The van der Waals surface area contributed by atoms with E-state index in [9.17, 15) is 4.79 Å². The van der Waals surface area contributed by atoms with Crippen molar-refractivity contribution in [3.05, 3.63) is 76.2 Å². The number of imidazole rings is 1. The van der Waals surface area contributed by atoms with Gasteiger partial charge in [0.05, 0.1) is 5.69 Å². The number of aryl methyl sites for hydroxylation is 2. The number of halogens is 1. The third kappa shape index (κ3) is 2.70. The number of nitrogens with zero attached hydrogens (tertiary/aromatic N) is 2. The van der Waals surface area contributed by atoms with E-state index in [1.165, 1.54) is 0 Å². The molecule has 2 aromatic heterocycles. The molecule has 0 atom stereocenters. The average Bonchev–Trinajstić information content (AvgIpc) is 2.91. The van der Waals surface area contributed by atoms with Crippen molar-refractivity contribution < 1.29 is 4.79 Å². The number of hydrogen-bond donors (Lipinski definition) is 1. The lowest BCUT2D eigenvalue weighted by atomic mass is 10.1. The lowest BCUT2D eigenvalue weighted by Gasteiger charge is -2.10. The SMILES string of the molecule is Cc1nc2c(C)cc(Br)cn2c1C(=O)Nc1cccc2ccccc12. The summed E-state index contributed by atoms with van der Waals surface area (Å²) in [6.07, 6.45) is 1.88. The molecule has 2 heterocycles. The minimum atomic E-state index is -0.168. The third-order valence-electron chi connectivity index (χ3n) is 4.30. The Labute approximate surface area is 153 Å². The quantitative estimate of drug-likeness (QED) is 0.513. The lowest BCUT2D eigenvalue weighted by Crippen LogP contribution is -2.16. The van der Waals surface area contributed by atoms with Crippen molar-refractivity contribution in [2.75, 3.05) is 5.32 Å². The molecule has 4 nitrogen and oxygen atoms in total. The highest BCUT2D eigenvalue weighted by Gasteiger charge is 2.18. The first-order valence-electron chi connectivity index (χ1n) is 7.98. The molecule has 0 bridgehead atoms. The maximum atomic E-state index is 13.0. The van der Waals surface area contributed by atoms with Crippen molar-refractivity contribution >= 4 is 43.9 Å². The van der Waals surface area contributed by atoms with Crippen molar-refractivity contribution in [2.45, 2.75) is 13.8 Å². The van der Waals surface area contributed by atoms with Crippen LogP contribution in [0.3, 0.4) is 0 Å². The summed E-state index contributed by atoms with van der Waals surface area (Å²) in [6.45, 7) is 3.84. The fraction of sp³-hybridized carbons (Fsp3) is 0.100. The van der Waals surface area contributed by atoms with Crippen molar-refractivity contribution in [3.63, 3.8) is 0 Å². The van der Waals surface area contributed by atoms with Crippen LogP contribution in [0.15, 0.2) is 59.2 Å². The van der Waals surface area contributed by atoms with Gasteiger partial charge in [-0.15, -0.1) is 0 Å². The zero-order chi connectivity index (χ0) is 17.6. The van der Waals surface area contributed by atoms with Gasteiger partial charge in [0.15, 0.2) is 0 Å². The molecule has 1 N–H and O–H groups in total. The minimum Gasteiger partial charge on any atom is -0.320 e. The molecule has 0 saturated carbocycles. The molecule has 25 heavy (non-hydrogen) atoms. The zero-order valence-electron chi connectivity index (χ0n) is 13.9. The highest BCUT2D eigenvalue weighted by molar-refractivity contribution is 9.10. The highest BCUT2D eigenvalue weighted by atomic mass is 79.9. The Morgan fingerprint density at radius 2 is 1.88 bits per heavy atom. The summed E-state index contributed by atoms with van der Waals surface area (Å²) in [7, 11) is 0. The van der Waals surface area contributed by atoms with E-state index in [2.05, 4.69) is 26.2 Å². The molecule has 0 aliphatic rings. The van der Waals surface area contributed by atoms with E-state index in [0.717, 1.165) is 32.1 Å². The monoisotopic (exact) mass is 393 g/mol. The van der Waals surface area contributed by atoms with Crippen LogP contribution in [-0.4, -0.2) is 15.3 Å². The summed E-state index contributed by atoms with van der Waals surface area (Å²) < 4.78 is 2.75. The summed E-state index contributed by atoms with van der Waals surface area (Å²) in [5.41, 5.74) is 3.86.